The van der Waals surface area contributed by atoms with Gasteiger partial charge in [-0.1, -0.05) is 26.7 Å². The minimum atomic E-state index is -0.0806. The van der Waals surface area contributed by atoms with Crippen LogP contribution in [0.2, 0.25) is 0 Å². The van der Waals surface area contributed by atoms with Gasteiger partial charge in [-0.25, -0.2) is 0 Å². The Kier molecular flexibility index (Phi) is 2.96. The molecule has 1 aromatic carbocycles. The Hall–Kier alpha value is -1.71. The van der Waals surface area contributed by atoms with Crippen molar-refractivity contribution in [3.8, 4) is 0 Å². The lowest BCUT2D eigenvalue weighted by Crippen LogP contribution is -2.20. The lowest BCUT2D eigenvalue weighted by atomic mass is 9.83. The molecule has 0 saturated carbocycles. The first-order chi connectivity index (χ1) is 8.08. The van der Waals surface area contributed by atoms with Crippen LogP contribution in [0.5, 0.6) is 0 Å². The lowest BCUT2D eigenvalue weighted by molar-refractivity contribution is -0.118. The zero-order valence-electron chi connectivity index (χ0n) is 10.3. The highest BCUT2D eigenvalue weighted by atomic mass is 16.2. The van der Waals surface area contributed by atoms with Gasteiger partial charge in [0, 0.05) is 5.69 Å². The maximum absolute atomic E-state index is 12.0. The average Bonchev–Trinajstić information content (AvgIpc) is 2.59. The highest BCUT2D eigenvalue weighted by molar-refractivity contribution is 6.04. The van der Waals surface area contributed by atoms with E-state index in [9.17, 15) is 4.79 Å². The van der Waals surface area contributed by atoms with Gasteiger partial charge in [-0.15, -0.1) is 0 Å². The third-order valence-corrected chi connectivity index (χ3v) is 3.65. The van der Waals surface area contributed by atoms with Crippen LogP contribution in [-0.2, 0) is 4.79 Å². The minimum Gasteiger partial charge on any atom is -0.397 e. The van der Waals surface area contributed by atoms with E-state index in [-0.39, 0.29) is 11.8 Å². The number of benzene rings is 1. The molecular weight excluding hydrogens is 214 g/mol. The largest absolute Gasteiger partial charge is 0.397 e. The number of rotatable bonds is 3. The Morgan fingerprint density at radius 2 is 1.82 bits per heavy atom. The minimum absolute atomic E-state index is 0.0682. The molecule has 1 amide bonds. The van der Waals surface area contributed by atoms with Crippen molar-refractivity contribution in [2.24, 2.45) is 5.92 Å². The van der Waals surface area contributed by atoms with Crippen molar-refractivity contribution in [2.45, 2.75) is 32.6 Å². The van der Waals surface area contributed by atoms with Gasteiger partial charge in [0.25, 0.3) is 0 Å². The summed E-state index contributed by atoms with van der Waals surface area (Å²) in [5.74, 6) is 0.348. The molecule has 17 heavy (non-hydrogen) atoms. The Morgan fingerprint density at radius 1 is 1.24 bits per heavy atom. The number of nitrogens with two attached hydrogens (primary N) is 2. The predicted octanol–water partition coefficient (Wildman–Crippen LogP) is 2.32. The van der Waals surface area contributed by atoms with E-state index in [0.717, 1.165) is 24.1 Å². The molecule has 0 fully saturated rings. The number of nitrogen functional groups attached to an aromatic ring is 2. The molecule has 1 atom stereocenters. The molecule has 0 spiro atoms. The molecule has 0 saturated heterocycles. The third-order valence-electron chi connectivity index (χ3n) is 3.65. The molecule has 92 valence electrons. The fourth-order valence-electron chi connectivity index (χ4n) is 2.60. The first kappa shape index (κ1) is 11.8. The summed E-state index contributed by atoms with van der Waals surface area (Å²) in [5, 5.41) is 2.89. The number of carbonyl (C=O) groups excluding carboxylic acids is 1. The first-order valence-electron chi connectivity index (χ1n) is 6.08. The number of fused-ring (bicyclic) bond motifs is 1. The van der Waals surface area contributed by atoms with E-state index in [4.69, 9.17) is 11.5 Å². The molecule has 0 radical (unpaired) electrons. The smallest absolute Gasteiger partial charge is 0.232 e. The second-order valence-corrected chi connectivity index (χ2v) is 4.61. The van der Waals surface area contributed by atoms with Gasteiger partial charge in [-0.05, 0) is 23.6 Å². The molecular formula is C13H19N3O. The summed E-state index contributed by atoms with van der Waals surface area (Å²) < 4.78 is 0. The van der Waals surface area contributed by atoms with Gasteiger partial charge in [-0.2, -0.15) is 0 Å². The molecule has 4 nitrogen and oxygen atoms in total. The van der Waals surface area contributed by atoms with Crippen LogP contribution < -0.4 is 16.8 Å². The fraction of sp³-hybridized carbons (Fsp3) is 0.462. The van der Waals surface area contributed by atoms with Gasteiger partial charge < -0.3 is 16.8 Å². The molecule has 1 aliphatic rings. The van der Waals surface area contributed by atoms with Crippen molar-refractivity contribution in [2.75, 3.05) is 16.8 Å². The SMILES string of the molecule is CCC(CC)C1C(=O)Nc2cc(N)c(N)cc21. The van der Waals surface area contributed by atoms with Gasteiger partial charge in [0.15, 0.2) is 0 Å². The lowest BCUT2D eigenvalue weighted by Gasteiger charge is -2.19. The van der Waals surface area contributed by atoms with Gasteiger partial charge in [-0.3, -0.25) is 4.79 Å². The Labute approximate surface area is 101 Å². The van der Waals surface area contributed by atoms with E-state index in [1.807, 2.05) is 6.07 Å². The number of hydrogen-bond acceptors (Lipinski definition) is 3. The zero-order valence-corrected chi connectivity index (χ0v) is 10.3. The number of nitrogens with one attached hydrogen (secondary N) is 1. The van der Waals surface area contributed by atoms with E-state index < -0.39 is 0 Å². The number of anilines is 3. The maximum atomic E-state index is 12.0. The van der Waals surface area contributed by atoms with E-state index in [1.165, 1.54) is 0 Å². The molecule has 1 aliphatic heterocycles. The van der Waals surface area contributed by atoms with Gasteiger partial charge in [0.2, 0.25) is 5.91 Å². The Bertz CT molecular complexity index is 452. The van der Waals surface area contributed by atoms with Crippen molar-refractivity contribution < 1.29 is 4.79 Å². The molecule has 1 aromatic rings. The van der Waals surface area contributed by atoms with Crippen LogP contribution in [0, 0.1) is 5.92 Å². The summed E-state index contributed by atoms with van der Waals surface area (Å²) in [7, 11) is 0. The fourth-order valence-corrected chi connectivity index (χ4v) is 2.60. The molecule has 2 rings (SSSR count). The summed E-state index contributed by atoms with van der Waals surface area (Å²) in [6, 6.07) is 3.59. The zero-order chi connectivity index (χ0) is 12.6. The van der Waals surface area contributed by atoms with E-state index in [1.54, 1.807) is 6.07 Å². The summed E-state index contributed by atoms with van der Waals surface area (Å²) in [6.45, 7) is 4.22. The van der Waals surface area contributed by atoms with E-state index in [2.05, 4.69) is 19.2 Å². The number of hydrogen-bond donors (Lipinski definition) is 3. The second-order valence-electron chi connectivity index (χ2n) is 4.61. The molecule has 0 bridgehead atoms. The monoisotopic (exact) mass is 233 g/mol. The second kappa shape index (κ2) is 4.28. The summed E-state index contributed by atoms with van der Waals surface area (Å²) in [5.41, 5.74) is 14.5. The van der Waals surface area contributed by atoms with E-state index >= 15 is 0 Å². The van der Waals surface area contributed by atoms with Gasteiger partial charge in [0.1, 0.15) is 0 Å². The highest BCUT2D eigenvalue weighted by Crippen LogP contribution is 2.42. The van der Waals surface area contributed by atoms with E-state index in [0.29, 0.717) is 17.3 Å². The van der Waals surface area contributed by atoms with Crippen LogP contribution in [0.3, 0.4) is 0 Å². The quantitative estimate of drug-likeness (QED) is 0.701. The van der Waals surface area contributed by atoms with Crippen molar-refractivity contribution in [1.82, 2.24) is 0 Å². The molecule has 0 aromatic heterocycles. The molecule has 1 heterocycles. The first-order valence-corrected chi connectivity index (χ1v) is 6.08. The van der Waals surface area contributed by atoms with Crippen molar-refractivity contribution in [3.05, 3.63) is 17.7 Å². The predicted molar refractivity (Wildman–Crippen MR) is 70.7 cm³/mol. The molecule has 1 unspecified atom stereocenters. The topological polar surface area (TPSA) is 81.1 Å². The summed E-state index contributed by atoms with van der Waals surface area (Å²) in [4.78, 5) is 12.0. The van der Waals surface area contributed by atoms with Crippen LogP contribution in [0.1, 0.15) is 38.2 Å². The Balaban J connectivity index is 2.46. The van der Waals surface area contributed by atoms with Crippen molar-refractivity contribution in [1.29, 1.82) is 0 Å². The van der Waals surface area contributed by atoms with Crippen LogP contribution in [0.4, 0.5) is 17.1 Å². The van der Waals surface area contributed by atoms with Gasteiger partial charge >= 0.3 is 0 Å². The standard InChI is InChI=1S/C13H19N3O/c1-3-7(4-2)12-8-5-9(14)10(15)6-11(8)16-13(12)17/h5-7,12H,3-4,14-15H2,1-2H3,(H,16,17). The highest BCUT2D eigenvalue weighted by Gasteiger charge is 2.35. The molecule has 5 N–H and O–H groups in total. The number of carbonyl (C=O) groups is 1. The summed E-state index contributed by atoms with van der Waals surface area (Å²) >= 11 is 0. The molecule has 0 aliphatic carbocycles. The van der Waals surface area contributed by atoms with Gasteiger partial charge in [0.05, 0.1) is 17.3 Å². The normalized spacial score (nSPS) is 18.3. The van der Waals surface area contributed by atoms with Crippen LogP contribution in [0.15, 0.2) is 12.1 Å². The number of amides is 1. The average molecular weight is 233 g/mol. The van der Waals surface area contributed by atoms with Crippen LogP contribution >= 0.6 is 0 Å². The summed E-state index contributed by atoms with van der Waals surface area (Å²) in [6.07, 6.45) is 1.97. The Morgan fingerprint density at radius 3 is 2.41 bits per heavy atom. The molecule has 4 heteroatoms. The van der Waals surface area contributed by atoms with Crippen LogP contribution in [-0.4, -0.2) is 5.91 Å². The van der Waals surface area contributed by atoms with Crippen molar-refractivity contribution in [3.63, 3.8) is 0 Å². The maximum Gasteiger partial charge on any atom is 0.232 e. The van der Waals surface area contributed by atoms with Crippen molar-refractivity contribution >= 4 is 23.0 Å². The third kappa shape index (κ3) is 1.84. The van der Waals surface area contributed by atoms with Crippen LogP contribution in [0.25, 0.3) is 0 Å².